The van der Waals surface area contributed by atoms with Gasteiger partial charge in [0.1, 0.15) is 4.90 Å². The highest BCUT2D eigenvalue weighted by Crippen LogP contribution is 2.21. The van der Waals surface area contributed by atoms with E-state index in [4.69, 9.17) is 0 Å². The number of methoxy groups -OCH3 is 1. The van der Waals surface area contributed by atoms with Crippen molar-refractivity contribution in [3.05, 3.63) is 59.7 Å². The van der Waals surface area contributed by atoms with E-state index in [0.29, 0.717) is 5.56 Å². The first kappa shape index (κ1) is 16.7. The van der Waals surface area contributed by atoms with Gasteiger partial charge < -0.3 is 4.74 Å². The molecule has 0 heterocycles. The number of carbonyl (C=O) groups excluding carboxylic acids is 2. The van der Waals surface area contributed by atoms with Gasteiger partial charge in [0, 0.05) is 11.3 Å². The van der Waals surface area contributed by atoms with Gasteiger partial charge in [0.05, 0.1) is 12.7 Å². The van der Waals surface area contributed by atoms with Crippen LogP contribution in [0.5, 0.6) is 0 Å². The minimum Gasteiger partial charge on any atom is -0.465 e. The van der Waals surface area contributed by atoms with Crippen LogP contribution in [0.15, 0.2) is 53.4 Å². The highest BCUT2D eigenvalue weighted by atomic mass is 32.2. The van der Waals surface area contributed by atoms with E-state index in [1.807, 2.05) is 0 Å². The van der Waals surface area contributed by atoms with Crippen LogP contribution in [0.3, 0.4) is 0 Å². The molecule has 1 N–H and O–H groups in total. The number of hydrogen-bond acceptors (Lipinski definition) is 5. The molecule has 0 saturated heterocycles. The van der Waals surface area contributed by atoms with E-state index in [2.05, 4.69) is 9.46 Å². The predicted octanol–water partition coefficient (Wildman–Crippen LogP) is 2.48. The number of carbonyl (C=O) groups is 2. The Kier molecular flexibility index (Phi) is 4.80. The molecule has 0 spiro atoms. The van der Waals surface area contributed by atoms with Gasteiger partial charge in [0.15, 0.2) is 5.78 Å². The van der Waals surface area contributed by atoms with Gasteiger partial charge in [-0.15, -0.1) is 0 Å². The lowest BCUT2D eigenvalue weighted by atomic mass is 10.1. The van der Waals surface area contributed by atoms with Crippen LogP contribution in [0.25, 0.3) is 0 Å². The Labute approximate surface area is 134 Å². The average Bonchev–Trinajstić information content (AvgIpc) is 2.54. The molecule has 0 amide bonds. The van der Waals surface area contributed by atoms with Gasteiger partial charge >= 0.3 is 5.97 Å². The number of ether oxygens (including phenoxy) is 1. The summed E-state index contributed by atoms with van der Waals surface area (Å²) in [5.74, 6) is -0.926. The molecule has 120 valence electrons. The predicted molar refractivity (Wildman–Crippen MR) is 85.0 cm³/mol. The Balaban J connectivity index is 2.42. The van der Waals surface area contributed by atoms with Gasteiger partial charge in [-0.2, -0.15) is 0 Å². The first-order valence-electron chi connectivity index (χ1n) is 6.66. The molecule has 23 heavy (non-hydrogen) atoms. The lowest BCUT2D eigenvalue weighted by Gasteiger charge is -2.11. The maximum atomic E-state index is 12.5. The van der Waals surface area contributed by atoms with Crippen molar-refractivity contribution in [3.63, 3.8) is 0 Å². The second kappa shape index (κ2) is 6.62. The Morgan fingerprint density at radius 1 is 1.04 bits per heavy atom. The average molecular weight is 333 g/mol. The van der Waals surface area contributed by atoms with E-state index in [9.17, 15) is 18.0 Å². The summed E-state index contributed by atoms with van der Waals surface area (Å²) in [6, 6.07) is 11.8. The second-order valence-electron chi connectivity index (χ2n) is 4.73. The van der Waals surface area contributed by atoms with E-state index >= 15 is 0 Å². The fraction of sp³-hybridized carbons (Fsp3) is 0.125. The SMILES string of the molecule is COC(=O)c1ccccc1S(=O)(=O)Nc1cccc(C(C)=O)c1. The molecule has 0 aliphatic rings. The monoisotopic (exact) mass is 333 g/mol. The molecule has 2 aromatic rings. The topological polar surface area (TPSA) is 89.5 Å². The first-order valence-corrected chi connectivity index (χ1v) is 8.14. The van der Waals surface area contributed by atoms with Gasteiger partial charge in [-0.25, -0.2) is 13.2 Å². The second-order valence-corrected chi connectivity index (χ2v) is 6.38. The zero-order chi connectivity index (χ0) is 17.0. The Morgan fingerprint density at radius 2 is 1.74 bits per heavy atom. The third-order valence-corrected chi connectivity index (χ3v) is 4.54. The molecule has 0 radical (unpaired) electrons. The summed E-state index contributed by atoms with van der Waals surface area (Å²) < 4.78 is 32.0. The number of ketones is 1. The van der Waals surface area contributed by atoms with Crippen molar-refractivity contribution in [1.29, 1.82) is 0 Å². The lowest BCUT2D eigenvalue weighted by Crippen LogP contribution is -2.17. The van der Waals surface area contributed by atoms with Gasteiger partial charge in [-0.3, -0.25) is 9.52 Å². The van der Waals surface area contributed by atoms with E-state index in [-0.39, 0.29) is 21.9 Å². The summed E-state index contributed by atoms with van der Waals surface area (Å²) in [6.45, 7) is 1.39. The number of anilines is 1. The fourth-order valence-electron chi connectivity index (χ4n) is 1.99. The molecule has 7 heteroatoms. The van der Waals surface area contributed by atoms with E-state index in [1.165, 1.54) is 44.4 Å². The van der Waals surface area contributed by atoms with Crippen molar-refractivity contribution < 1.29 is 22.7 Å². The van der Waals surface area contributed by atoms with Gasteiger partial charge in [0.25, 0.3) is 10.0 Å². The molecule has 0 atom stereocenters. The van der Waals surface area contributed by atoms with Crippen molar-refractivity contribution in [3.8, 4) is 0 Å². The largest absolute Gasteiger partial charge is 0.465 e. The first-order chi connectivity index (χ1) is 10.8. The number of benzene rings is 2. The summed E-state index contributed by atoms with van der Waals surface area (Å²) in [4.78, 5) is 22.9. The number of esters is 1. The van der Waals surface area contributed by atoms with Crippen LogP contribution in [0, 0.1) is 0 Å². The van der Waals surface area contributed by atoms with Crippen molar-refractivity contribution in [2.45, 2.75) is 11.8 Å². The third kappa shape index (κ3) is 3.75. The molecule has 0 saturated carbocycles. The number of rotatable bonds is 5. The van der Waals surface area contributed by atoms with Crippen LogP contribution < -0.4 is 4.72 Å². The Hall–Kier alpha value is -2.67. The minimum absolute atomic E-state index is 0.0646. The fourth-order valence-corrected chi connectivity index (χ4v) is 3.24. The highest BCUT2D eigenvalue weighted by Gasteiger charge is 2.22. The van der Waals surface area contributed by atoms with Crippen molar-refractivity contribution in [1.82, 2.24) is 0 Å². The van der Waals surface area contributed by atoms with E-state index < -0.39 is 16.0 Å². The van der Waals surface area contributed by atoms with Crippen LogP contribution in [0.4, 0.5) is 5.69 Å². The van der Waals surface area contributed by atoms with Crippen LogP contribution >= 0.6 is 0 Å². The smallest absolute Gasteiger partial charge is 0.339 e. The van der Waals surface area contributed by atoms with Crippen LogP contribution in [0.2, 0.25) is 0 Å². The maximum Gasteiger partial charge on any atom is 0.339 e. The maximum absolute atomic E-state index is 12.5. The molecule has 2 rings (SSSR count). The quantitative estimate of drug-likeness (QED) is 0.670. The molecule has 2 aromatic carbocycles. The Morgan fingerprint density at radius 3 is 2.39 bits per heavy atom. The summed E-state index contributed by atoms with van der Waals surface area (Å²) in [5, 5.41) is 0. The summed E-state index contributed by atoms with van der Waals surface area (Å²) in [5.41, 5.74) is 0.550. The lowest BCUT2D eigenvalue weighted by molar-refractivity contribution is 0.0596. The van der Waals surface area contributed by atoms with E-state index in [0.717, 1.165) is 0 Å². The van der Waals surface area contributed by atoms with Crippen LogP contribution in [-0.4, -0.2) is 27.3 Å². The van der Waals surface area contributed by atoms with Gasteiger partial charge in [-0.05, 0) is 31.2 Å². The van der Waals surface area contributed by atoms with Crippen molar-refractivity contribution >= 4 is 27.5 Å². The Bertz CT molecular complexity index is 858. The zero-order valence-corrected chi connectivity index (χ0v) is 13.4. The standard InChI is InChI=1S/C16H15NO5S/c1-11(18)12-6-5-7-13(10-12)17-23(20,21)15-9-4-3-8-14(15)16(19)22-2/h3-10,17H,1-2H3. The molecule has 0 aliphatic carbocycles. The van der Waals surface area contributed by atoms with Crippen molar-refractivity contribution in [2.75, 3.05) is 11.8 Å². The molecule has 0 fully saturated rings. The van der Waals surface area contributed by atoms with Gasteiger partial charge in [0.2, 0.25) is 0 Å². The molecular formula is C16H15NO5S. The molecule has 0 unspecified atom stereocenters. The van der Waals surface area contributed by atoms with E-state index in [1.54, 1.807) is 18.2 Å². The number of Topliss-reactive ketones (excluding diaryl/α,β-unsaturated/α-hetero) is 1. The van der Waals surface area contributed by atoms with Crippen LogP contribution in [0.1, 0.15) is 27.6 Å². The summed E-state index contributed by atoms with van der Waals surface area (Å²) in [7, 11) is -2.83. The van der Waals surface area contributed by atoms with Crippen LogP contribution in [-0.2, 0) is 14.8 Å². The normalized spacial score (nSPS) is 10.9. The molecular weight excluding hydrogens is 318 g/mol. The minimum atomic E-state index is -4.00. The number of sulfonamides is 1. The molecule has 0 aliphatic heterocycles. The van der Waals surface area contributed by atoms with Gasteiger partial charge in [-0.1, -0.05) is 24.3 Å². The number of nitrogens with one attached hydrogen (secondary N) is 1. The summed E-state index contributed by atoms with van der Waals surface area (Å²) in [6.07, 6.45) is 0. The summed E-state index contributed by atoms with van der Waals surface area (Å²) >= 11 is 0. The molecule has 0 bridgehead atoms. The molecule has 6 nitrogen and oxygen atoms in total. The molecule has 0 aromatic heterocycles. The van der Waals surface area contributed by atoms with Crippen molar-refractivity contribution in [2.24, 2.45) is 0 Å². The highest BCUT2D eigenvalue weighted by molar-refractivity contribution is 7.92. The zero-order valence-electron chi connectivity index (χ0n) is 12.6. The number of hydrogen-bond donors (Lipinski definition) is 1. The third-order valence-electron chi connectivity index (χ3n) is 3.10.